The van der Waals surface area contributed by atoms with Gasteiger partial charge in [0.2, 0.25) is 5.13 Å². The van der Waals surface area contributed by atoms with Crippen molar-refractivity contribution in [2.24, 2.45) is 5.10 Å². The van der Waals surface area contributed by atoms with E-state index in [4.69, 9.17) is 4.74 Å². The maximum Gasteiger partial charge on any atom is 0.284 e. The van der Waals surface area contributed by atoms with Gasteiger partial charge in [-0.1, -0.05) is 36.8 Å². The molecule has 4 rings (SSSR count). The average molecular weight is 388 g/mol. The molecule has 8 heteroatoms. The van der Waals surface area contributed by atoms with Crippen LogP contribution in [0.15, 0.2) is 40.6 Å². The zero-order chi connectivity index (χ0) is 18.1. The number of fused-ring (bicyclic) bond motifs is 1. The number of hydrogen-bond acceptors (Lipinski definition) is 6. The topological polar surface area (TPSA) is 89.5 Å². The highest BCUT2D eigenvalue weighted by atomic mass is 32.1. The number of amides is 1. The van der Waals surface area contributed by atoms with Crippen molar-refractivity contribution >= 4 is 38.3 Å². The maximum absolute atomic E-state index is 13.2. The summed E-state index contributed by atoms with van der Waals surface area (Å²) >= 11 is 1.50. The van der Waals surface area contributed by atoms with Crippen LogP contribution >= 0.6 is 11.3 Å². The number of thiazole rings is 1. The molecule has 1 saturated heterocycles. The highest BCUT2D eigenvalue weighted by Gasteiger charge is 2.35. The predicted molar refractivity (Wildman–Crippen MR) is 108 cm³/mol. The molecule has 1 aromatic heterocycles. The van der Waals surface area contributed by atoms with Gasteiger partial charge in [-0.3, -0.25) is 4.79 Å². The second-order valence-electron chi connectivity index (χ2n) is 6.44. The summed E-state index contributed by atoms with van der Waals surface area (Å²) in [6, 6.07) is 7.92. The molecule has 27 heavy (non-hydrogen) atoms. The quantitative estimate of drug-likeness (QED) is 0.753. The van der Waals surface area contributed by atoms with E-state index < -0.39 is 0 Å². The highest BCUT2D eigenvalue weighted by Crippen LogP contribution is 2.33. The zero-order valence-electron chi connectivity index (χ0n) is 15.6. The molecular weight excluding hydrogens is 364 g/mol. The summed E-state index contributed by atoms with van der Waals surface area (Å²) in [4.78, 5) is 20.0. The number of ether oxygens (including phenoxy) is 1. The first-order chi connectivity index (χ1) is 12.7. The minimum absolute atomic E-state index is 0. The van der Waals surface area contributed by atoms with Crippen molar-refractivity contribution in [1.82, 2.24) is 9.88 Å². The third-order valence-corrected chi connectivity index (χ3v) is 5.73. The van der Waals surface area contributed by atoms with E-state index in [-0.39, 0.29) is 11.4 Å². The van der Waals surface area contributed by atoms with E-state index in [0.29, 0.717) is 18.3 Å². The summed E-state index contributed by atoms with van der Waals surface area (Å²) in [5.41, 5.74) is 3.48. The number of allylic oxidation sites excluding steroid dienone is 1. The Morgan fingerprint density at radius 1 is 1.26 bits per heavy atom. The molecule has 2 aliphatic rings. The Hall–Kier alpha value is -2.29. The molecule has 0 aliphatic carbocycles. The lowest BCUT2D eigenvalue weighted by Crippen LogP contribution is -2.37. The number of benzene rings is 1. The van der Waals surface area contributed by atoms with Gasteiger partial charge >= 0.3 is 0 Å². The van der Waals surface area contributed by atoms with Gasteiger partial charge in [-0.15, -0.1) is 0 Å². The van der Waals surface area contributed by atoms with Crippen LogP contribution in [0.5, 0.6) is 0 Å². The van der Waals surface area contributed by atoms with Crippen molar-refractivity contribution in [3.63, 3.8) is 0 Å². The van der Waals surface area contributed by atoms with E-state index in [1.54, 1.807) is 0 Å². The Balaban J connectivity index is 0.00000210. The number of para-hydroxylation sites is 1. The SMILES string of the molecule is CCCC1=NN(c2nc3ccccc3s2)C(=O)/C1=C(\C)N1CCOCC1.O. The van der Waals surface area contributed by atoms with Crippen LogP contribution in [0.3, 0.4) is 0 Å². The maximum atomic E-state index is 13.2. The summed E-state index contributed by atoms with van der Waals surface area (Å²) in [5.74, 6) is -0.0727. The van der Waals surface area contributed by atoms with Crippen molar-refractivity contribution < 1.29 is 15.0 Å². The Labute approximate surface area is 162 Å². The molecule has 0 bridgehead atoms. The lowest BCUT2D eigenvalue weighted by atomic mass is 10.0. The summed E-state index contributed by atoms with van der Waals surface area (Å²) in [6.45, 7) is 7.13. The number of aromatic nitrogens is 1. The van der Waals surface area contributed by atoms with Crippen molar-refractivity contribution in [3.05, 3.63) is 35.5 Å². The molecule has 144 valence electrons. The zero-order valence-corrected chi connectivity index (χ0v) is 16.4. The average Bonchev–Trinajstić information content (AvgIpc) is 3.23. The number of rotatable bonds is 4. The standard InChI is InChI=1S/C19H22N4O2S.H2O/c1-3-6-15-17(13(2)22-9-11-25-12-10-22)18(24)23(21-15)19-20-14-7-4-5-8-16(14)26-19;/h4-5,7-8H,3,6,9-12H2,1-2H3;1H2/b17-13+;. The first kappa shape index (κ1) is 19.5. The first-order valence-corrected chi connectivity index (χ1v) is 9.82. The summed E-state index contributed by atoms with van der Waals surface area (Å²) < 4.78 is 6.50. The van der Waals surface area contributed by atoms with Crippen LogP contribution in [0, 0.1) is 0 Å². The van der Waals surface area contributed by atoms with Gasteiger partial charge in [0.1, 0.15) is 0 Å². The second kappa shape index (κ2) is 8.16. The fourth-order valence-electron chi connectivity index (χ4n) is 3.36. The molecule has 0 spiro atoms. The number of hydrazone groups is 1. The summed E-state index contributed by atoms with van der Waals surface area (Å²) in [6.07, 6.45) is 1.73. The molecule has 0 unspecified atom stereocenters. The third kappa shape index (κ3) is 3.60. The molecule has 2 aliphatic heterocycles. The van der Waals surface area contributed by atoms with E-state index in [1.165, 1.54) is 16.3 Å². The minimum Gasteiger partial charge on any atom is -0.412 e. The Bertz CT molecular complexity index is 866. The Morgan fingerprint density at radius 3 is 2.70 bits per heavy atom. The van der Waals surface area contributed by atoms with Gasteiger partial charge in [0.05, 0.1) is 34.7 Å². The number of morpholine rings is 1. The molecule has 1 aromatic carbocycles. The fraction of sp³-hybridized carbons (Fsp3) is 0.421. The van der Waals surface area contributed by atoms with Crippen molar-refractivity contribution in [2.75, 3.05) is 31.3 Å². The van der Waals surface area contributed by atoms with Gasteiger partial charge < -0.3 is 15.1 Å². The van der Waals surface area contributed by atoms with E-state index in [2.05, 4.69) is 21.9 Å². The van der Waals surface area contributed by atoms with Gasteiger partial charge in [-0.2, -0.15) is 10.1 Å². The number of carbonyl (C=O) groups is 1. The molecule has 7 nitrogen and oxygen atoms in total. The van der Waals surface area contributed by atoms with Crippen LogP contribution in [-0.4, -0.2) is 53.3 Å². The molecule has 0 radical (unpaired) electrons. The molecule has 2 N–H and O–H groups in total. The van der Waals surface area contributed by atoms with Crippen molar-refractivity contribution in [1.29, 1.82) is 0 Å². The largest absolute Gasteiger partial charge is 0.412 e. The molecule has 0 saturated carbocycles. The normalized spacial score (nSPS) is 19.3. The van der Waals surface area contributed by atoms with Gasteiger partial charge in [0.25, 0.3) is 5.91 Å². The Morgan fingerprint density at radius 2 is 2.00 bits per heavy atom. The van der Waals surface area contributed by atoms with Crippen LogP contribution in [0.25, 0.3) is 10.2 Å². The van der Waals surface area contributed by atoms with E-state index in [0.717, 1.165) is 53.1 Å². The summed E-state index contributed by atoms with van der Waals surface area (Å²) in [7, 11) is 0. The van der Waals surface area contributed by atoms with Gasteiger partial charge in [0, 0.05) is 18.8 Å². The monoisotopic (exact) mass is 388 g/mol. The predicted octanol–water partition coefficient (Wildman–Crippen LogP) is 2.58. The number of carbonyl (C=O) groups excluding carboxylic acids is 1. The molecule has 0 atom stereocenters. The van der Waals surface area contributed by atoms with E-state index in [9.17, 15) is 4.79 Å². The number of anilines is 1. The Kier molecular flexibility index (Phi) is 5.88. The molecule has 3 heterocycles. The fourth-order valence-corrected chi connectivity index (χ4v) is 4.27. The molecule has 1 fully saturated rings. The lowest BCUT2D eigenvalue weighted by molar-refractivity contribution is -0.114. The number of nitrogens with zero attached hydrogens (tertiary/aromatic N) is 4. The van der Waals surface area contributed by atoms with Crippen molar-refractivity contribution in [2.45, 2.75) is 26.7 Å². The number of hydrogen-bond donors (Lipinski definition) is 0. The van der Waals surface area contributed by atoms with E-state index in [1.807, 2.05) is 31.2 Å². The third-order valence-electron chi connectivity index (χ3n) is 4.71. The van der Waals surface area contributed by atoms with Crippen LogP contribution in [0.1, 0.15) is 26.7 Å². The second-order valence-corrected chi connectivity index (χ2v) is 7.45. The smallest absolute Gasteiger partial charge is 0.284 e. The van der Waals surface area contributed by atoms with Crippen molar-refractivity contribution in [3.8, 4) is 0 Å². The van der Waals surface area contributed by atoms with Crippen LogP contribution in [0.4, 0.5) is 5.13 Å². The van der Waals surface area contributed by atoms with Gasteiger partial charge in [-0.25, -0.2) is 4.98 Å². The molecular formula is C19H24N4O3S. The van der Waals surface area contributed by atoms with Gasteiger partial charge in [0.15, 0.2) is 0 Å². The first-order valence-electron chi connectivity index (χ1n) is 9.00. The minimum atomic E-state index is -0.0727. The van der Waals surface area contributed by atoms with Crippen LogP contribution < -0.4 is 5.01 Å². The van der Waals surface area contributed by atoms with E-state index >= 15 is 0 Å². The highest BCUT2D eigenvalue weighted by molar-refractivity contribution is 7.22. The molecule has 1 amide bonds. The molecule has 2 aromatic rings. The van der Waals surface area contributed by atoms with Gasteiger partial charge in [-0.05, 0) is 25.5 Å². The van der Waals surface area contributed by atoms with Crippen LogP contribution in [0.2, 0.25) is 0 Å². The summed E-state index contributed by atoms with van der Waals surface area (Å²) in [5, 5.41) is 6.77. The lowest BCUT2D eigenvalue weighted by Gasteiger charge is -2.30. The van der Waals surface area contributed by atoms with Crippen LogP contribution in [-0.2, 0) is 9.53 Å².